The molecule has 1 aromatic carbocycles. The first-order chi connectivity index (χ1) is 9.33. The van der Waals surface area contributed by atoms with E-state index < -0.39 is 0 Å². The number of alkyl halides is 1. The molecular weight excluding hydrogens is 256 g/mol. The van der Waals surface area contributed by atoms with Gasteiger partial charge in [-0.05, 0) is 37.0 Å². The Kier molecular flexibility index (Phi) is 3.61. The second-order valence-electron chi connectivity index (χ2n) is 5.21. The van der Waals surface area contributed by atoms with E-state index >= 15 is 0 Å². The number of para-hydroxylation sites is 1. The Labute approximate surface area is 119 Å². The van der Waals surface area contributed by atoms with Gasteiger partial charge in [0.2, 0.25) is 0 Å². The molecule has 0 unspecified atom stereocenters. The molecule has 1 aliphatic rings. The third kappa shape index (κ3) is 2.55. The summed E-state index contributed by atoms with van der Waals surface area (Å²) >= 11 is 6.11. The van der Waals surface area contributed by atoms with E-state index in [-0.39, 0.29) is 0 Å². The number of hydrogen-bond acceptors (Lipinski definition) is 2. The number of rotatable bonds is 5. The smallest absolute Gasteiger partial charge is 0.129 e. The Bertz CT molecular complexity index is 578. The lowest BCUT2D eigenvalue weighted by Crippen LogP contribution is -2.27. The highest BCUT2D eigenvalue weighted by Crippen LogP contribution is 2.33. The maximum Gasteiger partial charge on any atom is 0.129 e. The lowest BCUT2D eigenvalue weighted by atomic mass is 10.1. The average molecular weight is 275 g/mol. The minimum Gasteiger partial charge on any atom is -0.354 e. The van der Waals surface area contributed by atoms with Gasteiger partial charge < -0.3 is 4.90 Å². The fourth-order valence-electron chi connectivity index (χ4n) is 2.60. The van der Waals surface area contributed by atoms with Gasteiger partial charge in [-0.2, -0.15) is 0 Å². The zero-order chi connectivity index (χ0) is 13.2. The minimum atomic E-state index is 0.542. The fraction of sp³-hybridized carbons (Fsp3) is 0.438. The Morgan fingerprint density at radius 2 is 2.11 bits per heavy atom. The van der Waals surface area contributed by atoms with E-state index in [9.17, 15) is 0 Å². The van der Waals surface area contributed by atoms with Crippen LogP contribution in [0.25, 0.3) is 10.9 Å². The summed E-state index contributed by atoms with van der Waals surface area (Å²) in [5.41, 5.74) is 2.24. The second-order valence-corrected chi connectivity index (χ2v) is 5.48. The summed E-state index contributed by atoms with van der Waals surface area (Å²) in [6.07, 6.45) is 3.75. The van der Waals surface area contributed by atoms with Gasteiger partial charge in [0.1, 0.15) is 5.82 Å². The molecule has 1 saturated carbocycles. The van der Waals surface area contributed by atoms with Gasteiger partial charge >= 0.3 is 0 Å². The fourth-order valence-corrected chi connectivity index (χ4v) is 2.82. The van der Waals surface area contributed by atoms with Crippen LogP contribution in [-0.2, 0) is 5.88 Å². The van der Waals surface area contributed by atoms with Gasteiger partial charge in [-0.25, -0.2) is 4.98 Å². The van der Waals surface area contributed by atoms with Crippen molar-refractivity contribution >= 4 is 28.3 Å². The first-order valence-corrected chi connectivity index (χ1v) is 7.58. The summed E-state index contributed by atoms with van der Waals surface area (Å²) in [4.78, 5) is 7.28. The van der Waals surface area contributed by atoms with Crippen LogP contribution in [0.5, 0.6) is 0 Å². The summed E-state index contributed by atoms with van der Waals surface area (Å²) in [5.74, 6) is 1.64. The third-order valence-electron chi connectivity index (χ3n) is 3.68. The van der Waals surface area contributed by atoms with Gasteiger partial charge in [0, 0.05) is 23.9 Å². The molecule has 3 heteroatoms. The standard InChI is InChI=1S/C16H19ClN2/c1-2-9-19(13-7-8-13)16-10-12(11-17)14-5-3-4-6-15(14)18-16/h3-6,10,13H,2,7-9,11H2,1H3. The molecule has 0 atom stereocenters. The lowest BCUT2D eigenvalue weighted by Gasteiger charge is -2.24. The third-order valence-corrected chi connectivity index (χ3v) is 3.97. The number of aromatic nitrogens is 1. The molecule has 0 saturated heterocycles. The van der Waals surface area contributed by atoms with Crippen molar-refractivity contribution in [1.29, 1.82) is 0 Å². The minimum absolute atomic E-state index is 0.542. The van der Waals surface area contributed by atoms with Crippen LogP contribution < -0.4 is 4.90 Å². The molecule has 1 fully saturated rings. The molecule has 0 bridgehead atoms. The molecule has 3 rings (SSSR count). The number of nitrogens with zero attached hydrogens (tertiary/aromatic N) is 2. The molecule has 0 spiro atoms. The van der Waals surface area contributed by atoms with Crippen LogP contribution in [0.4, 0.5) is 5.82 Å². The Hall–Kier alpha value is -1.28. The van der Waals surface area contributed by atoms with Crippen LogP contribution in [0.2, 0.25) is 0 Å². The summed E-state index contributed by atoms with van der Waals surface area (Å²) in [7, 11) is 0. The van der Waals surface area contributed by atoms with E-state index in [2.05, 4.69) is 30.0 Å². The highest BCUT2D eigenvalue weighted by atomic mass is 35.5. The second kappa shape index (κ2) is 5.38. The lowest BCUT2D eigenvalue weighted by molar-refractivity contribution is 0.752. The maximum absolute atomic E-state index is 6.11. The Morgan fingerprint density at radius 1 is 1.32 bits per heavy atom. The number of pyridine rings is 1. The molecule has 1 aromatic heterocycles. The summed E-state index contributed by atoms with van der Waals surface area (Å²) < 4.78 is 0. The van der Waals surface area contributed by atoms with Crippen LogP contribution >= 0.6 is 11.6 Å². The number of benzene rings is 1. The normalized spacial score (nSPS) is 14.8. The van der Waals surface area contributed by atoms with Crippen LogP contribution in [0.15, 0.2) is 30.3 Å². The van der Waals surface area contributed by atoms with E-state index in [0.29, 0.717) is 11.9 Å². The van der Waals surface area contributed by atoms with E-state index in [1.165, 1.54) is 23.8 Å². The van der Waals surface area contributed by atoms with E-state index in [1.54, 1.807) is 0 Å². The predicted molar refractivity (Wildman–Crippen MR) is 82.0 cm³/mol. The van der Waals surface area contributed by atoms with Crippen LogP contribution in [0, 0.1) is 0 Å². The quantitative estimate of drug-likeness (QED) is 0.754. The van der Waals surface area contributed by atoms with Gasteiger partial charge in [-0.15, -0.1) is 11.6 Å². The number of halogens is 1. The Morgan fingerprint density at radius 3 is 2.79 bits per heavy atom. The van der Waals surface area contributed by atoms with Crippen molar-refractivity contribution in [2.75, 3.05) is 11.4 Å². The molecule has 0 radical (unpaired) electrons. The van der Waals surface area contributed by atoms with Crippen molar-refractivity contribution < 1.29 is 0 Å². The van der Waals surface area contributed by atoms with E-state index in [0.717, 1.165) is 24.3 Å². The summed E-state index contributed by atoms with van der Waals surface area (Å²) in [6, 6.07) is 11.1. The Balaban J connectivity index is 2.07. The molecule has 0 amide bonds. The number of hydrogen-bond donors (Lipinski definition) is 0. The van der Waals surface area contributed by atoms with Crippen molar-refractivity contribution in [2.45, 2.75) is 38.1 Å². The molecule has 2 aromatic rings. The SMILES string of the molecule is CCCN(c1cc(CCl)c2ccccc2n1)C1CC1. The van der Waals surface area contributed by atoms with Crippen LogP contribution in [0.1, 0.15) is 31.7 Å². The van der Waals surface area contributed by atoms with Crippen molar-refractivity contribution in [2.24, 2.45) is 0 Å². The van der Waals surface area contributed by atoms with Crippen molar-refractivity contribution in [3.05, 3.63) is 35.9 Å². The van der Waals surface area contributed by atoms with Crippen molar-refractivity contribution in [1.82, 2.24) is 4.98 Å². The maximum atomic E-state index is 6.11. The number of anilines is 1. The van der Waals surface area contributed by atoms with Crippen molar-refractivity contribution in [3.63, 3.8) is 0 Å². The molecule has 100 valence electrons. The highest BCUT2D eigenvalue weighted by Gasteiger charge is 2.29. The van der Waals surface area contributed by atoms with E-state index in [1.807, 2.05) is 12.1 Å². The van der Waals surface area contributed by atoms with Gasteiger partial charge in [-0.1, -0.05) is 25.1 Å². The van der Waals surface area contributed by atoms with Crippen molar-refractivity contribution in [3.8, 4) is 0 Å². The molecular formula is C16H19ClN2. The van der Waals surface area contributed by atoms with Gasteiger partial charge in [0.05, 0.1) is 5.52 Å². The van der Waals surface area contributed by atoms with Gasteiger partial charge in [-0.3, -0.25) is 0 Å². The van der Waals surface area contributed by atoms with Crippen LogP contribution in [0.3, 0.4) is 0 Å². The molecule has 1 heterocycles. The molecule has 2 nitrogen and oxygen atoms in total. The first-order valence-electron chi connectivity index (χ1n) is 7.04. The monoisotopic (exact) mass is 274 g/mol. The predicted octanol–water partition coefficient (Wildman–Crippen LogP) is 4.35. The van der Waals surface area contributed by atoms with Crippen LogP contribution in [-0.4, -0.2) is 17.6 Å². The highest BCUT2D eigenvalue weighted by molar-refractivity contribution is 6.18. The molecule has 0 aliphatic heterocycles. The average Bonchev–Trinajstić information content (AvgIpc) is 3.28. The molecule has 0 N–H and O–H groups in total. The first kappa shape index (κ1) is 12.7. The zero-order valence-electron chi connectivity index (χ0n) is 11.3. The zero-order valence-corrected chi connectivity index (χ0v) is 12.0. The van der Waals surface area contributed by atoms with E-state index in [4.69, 9.17) is 16.6 Å². The molecule has 19 heavy (non-hydrogen) atoms. The van der Waals surface area contributed by atoms with Gasteiger partial charge in [0.25, 0.3) is 0 Å². The molecule has 1 aliphatic carbocycles. The number of fused-ring (bicyclic) bond motifs is 1. The largest absolute Gasteiger partial charge is 0.354 e. The summed E-state index contributed by atoms with van der Waals surface area (Å²) in [6.45, 7) is 3.30. The summed E-state index contributed by atoms with van der Waals surface area (Å²) in [5, 5.41) is 1.17. The van der Waals surface area contributed by atoms with Gasteiger partial charge in [0.15, 0.2) is 0 Å². The topological polar surface area (TPSA) is 16.1 Å².